The molecule has 0 saturated carbocycles. The number of Topliss-reactive ketones (excluding diaryl/α,β-unsaturated/α-hetero) is 1. The molecule has 0 bridgehead atoms. The van der Waals surface area contributed by atoms with Crippen LogP contribution < -0.4 is 5.73 Å². The van der Waals surface area contributed by atoms with Crippen molar-refractivity contribution in [2.45, 2.75) is 10.0 Å². The van der Waals surface area contributed by atoms with E-state index in [2.05, 4.69) is 0 Å². The van der Waals surface area contributed by atoms with Crippen LogP contribution >= 0.6 is 11.6 Å². The number of ether oxygens (including phenoxy) is 1. The molecule has 0 spiro atoms. The van der Waals surface area contributed by atoms with E-state index in [0.29, 0.717) is 5.56 Å². The van der Waals surface area contributed by atoms with Crippen molar-refractivity contribution in [3.05, 3.63) is 82.1 Å². The van der Waals surface area contributed by atoms with Gasteiger partial charge in [-0.25, -0.2) is 4.39 Å². The van der Waals surface area contributed by atoms with Crippen LogP contribution in [-0.2, 0) is 33.9 Å². The smallest absolute Gasteiger partial charge is 0.304 e. The van der Waals surface area contributed by atoms with E-state index in [1.54, 1.807) is 30.3 Å². The molecule has 0 saturated heterocycles. The van der Waals surface area contributed by atoms with Gasteiger partial charge < -0.3 is 14.7 Å². The molecule has 148 valence electrons. The van der Waals surface area contributed by atoms with Gasteiger partial charge in [-0.15, -0.1) is 0 Å². The first-order valence-electron chi connectivity index (χ1n) is 8.59. The third-order valence-electron chi connectivity index (χ3n) is 4.91. The number of carbonyl (C=O) groups is 1. The molecule has 1 aliphatic heterocycles. The largest absolute Gasteiger partial charge is 0.467 e. The lowest BCUT2D eigenvalue weighted by Gasteiger charge is -2.26. The van der Waals surface area contributed by atoms with Gasteiger partial charge in [0.15, 0.2) is 13.3 Å². The first-order chi connectivity index (χ1) is 13.4. The monoisotopic (exact) mass is 433 g/mol. The second-order valence-electron chi connectivity index (χ2n) is 7.20. The van der Waals surface area contributed by atoms with Crippen molar-refractivity contribution < 1.29 is 26.5 Å². The molecule has 2 N–H and O–H groups in total. The normalized spacial score (nSPS) is 19.9. The van der Waals surface area contributed by atoms with Crippen LogP contribution in [0.5, 0.6) is 0 Å². The number of benzene rings is 2. The summed E-state index contributed by atoms with van der Waals surface area (Å²) in [4.78, 5) is 13.0. The van der Waals surface area contributed by atoms with E-state index in [9.17, 15) is 17.6 Å². The molecule has 0 aliphatic carbocycles. The molecule has 12 heteroatoms. The quantitative estimate of drug-likeness (QED) is 0.501. The summed E-state index contributed by atoms with van der Waals surface area (Å²) < 4.78 is 49.2. The van der Waals surface area contributed by atoms with Gasteiger partial charge in [0, 0.05) is 10.6 Å². The maximum atomic E-state index is 14.3. The lowest BCUT2D eigenvalue weighted by Crippen LogP contribution is -2.40. The minimum Gasteiger partial charge on any atom is -0.467 e. The maximum Gasteiger partial charge on any atom is 0.304 e. The summed E-state index contributed by atoms with van der Waals surface area (Å²) in [6, 6.07) is 12.0. The van der Waals surface area contributed by atoms with Crippen molar-refractivity contribution in [2.24, 2.45) is 5.73 Å². The predicted molar refractivity (Wildman–Crippen MR) is 114 cm³/mol. The molecule has 29 heavy (non-hydrogen) atoms. The molecule has 0 fully saturated rings. The Hall–Kier alpha value is -2.39. The van der Waals surface area contributed by atoms with Gasteiger partial charge in [0.25, 0.3) is 0 Å². The lowest BCUT2D eigenvalue weighted by molar-refractivity contribution is -0.126. The third kappa shape index (κ3) is 3.53. The van der Waals surface area contributed by atoms with E-state index < -0.39 is 43.4 Å². The third-order valence-corrected chi connectivity index (χ3v) is 7.01. The van der Waals surface area contributed by atoms with Crippen molar-refractivity contribution >= 4 is 51.0 Å². The Kier molecular flexibility index (Phi) is 5.25. The minimum atomic E-state index is -4.37. The molecular weight excluding hydrogens is 417 g/mol. The minimum absolute atomic E-state index is 0.171. The molecule has 2 aromatic carbocycles. The van der Waals surface area contributed by atoms with Gasteiger partial charge in [0.1, 0.15) is 21.5 Å². The second kappa shape index (κ2) is 7.14. The van der Waals surface area contributed by atoms with Crippen LogP contribution in [0, 0.1) is 5.82 Å². The Labute approximate surface area is 175 Å². The van der Waals surface area contributed by atoms with E-state index in [0.717, 1.165) is 6.07 Å². The summed E-state index contributed by atoms with van der Waals surface area (Å²) in [7, 11) is -0.235. The van der Waals surface area contributed by atoms with Crippen LogP contribution in [0.3, 0.4) is 0 Å². The highest BCUT2D eigenvalue weighted by atomic mass is 35.5. The molecule has 2 aromatic rings. The topological polar surface area (TPSA) is 95.7 Å². The Morgan fingerprint density at radius 2 is 1.79 bits per heavy atom. The van der Waals surface area contributed by atoms with Crippen molar-refractivity contribution in [3.63, 3.8) is 0 Å². The fraction of sp³-hybridized carbons (Fsp3) is 0.118. The standard InChI is InChI=1S/C17H16B3ClFNO5S/c18-16(11-8-10(21)6-7-12(11)22)14(24)13(15(23)27-16)28-29(25,26)17(19,20)9-4-2-1-3-5-9/h1-8H,18-20,23H2/t16-/m1/s1. The zero-order valence-electron chi connectivity index (χ0n) is 15.9. The van der Waals surface area contributed by atoms with E-state index in [1.807, 2.05) is 0 Å². The van der Waals surface area contributed by atoms with E-state index in [-0.39, 0.29) is 10.6 Å². The van der Waals surface area contributed by atoms with Gasteiger partial charge >= 0.3 is 10.1 Å². The Bertz CT molecular complexity index is 1130. The summed E-state index contributed by atoms with van der Waals surface area (Å²) in [6.45, 7) is 0. The summed E-state index contributed by atoms with van der Waals surface area (Å²) in [6.07, 6.45) is 0. The van der Waals surface area contributed by atoms with Crippen molar-refractivity contribution in [3.8, 4) is 0 Å². The highest BCUT2D eigenvalue weighted by molar-refractivity contribution is 7.90. The summed E-state index contributed by atoms with van der Waals surface area (Å²) in [5.74, 6) is -2.93. The molecule has 0 amide bonds. The molecule has 0 unspecified atom stereocenters. The number of ketones is 1. The summed E-state index contributed by atoms with van der Waals surface area (Å²) >= 11 is 5.91. The Balaban J connectivity index is 1.97. The number of hydrogen-bond acceptors (Lipinski definition) is 6. The fourth-order valence-corrected chi connectivity index (χ4v) is 4.14. The molecule has 1 heterocycles. The Morgan fingerprint density at radius 1 is 1.17 bits per heavy atom. The first-order valence-corrected chi connectivity index (χ1v) is 10.4. The van der Waals surface area contributed by atoms with Crippen LogP contribution in [0.4, 0.5) is 4.39 Å². The van der Waals surface area contributed by atoms with Gasteiger partial charge in [-0.3, -0.25) is 4.79 Å². The fourth-order valence-electron chi connectivity index (χ4n) is 2.96. The molecule has 6 nitrogen and oxygen atoms in total. The number of carbonyl (C=O) groups excluding carboxylic acids is 1. The number of nitrogens with two attached hydrogens (primary N) is 1. The van der Waals surface area contributed by atoms with Crippen molar-refractivity contribution in [1.29, 1.82) is 0 Å². The van der Waals surface area contributed by atoms with Gasteiger partial charge in [-0.05, 0) is 23.8 Å². The number of halogens is 2. The summed E-state index contributed by atoms with van der Waals surface area (Å²) in [5, 5.41) is 0.171. The van der Waals surface area contributed by atoms with E-state index >= 15 is 0 Å². The zero-order chi connectivity index (χ0) is 21.6. The highest BCUT2D eigenvalue weighted by Gasteiger charge is 2.52. The van der Waals surface area contributed by atoms with Crippen molar-refractivity contribution in [2.75, 3.05) is 0 Å². The average molecular weight is 433 g/mol. The highest BCUT2D eigenvalue weighted by Crippen LogP contribution is 2.39. The molecule has 0 radical (unpaired) electrons. The molecule has 1 aliphatic rings. The van der Waals surface area contributed by atoms with Gasteiger partial charge in [-0.1, -0.05) is 41.9 Å². The van der Waals surface area contributed by atoms with E-state index in [1.165, 1.54) is 35.7 Å². The molecule has 1 atom stereocenters. The molecular formula is C17H16B3ClFNO5S. The number of rotatable bonds is 5. The van der Waals surface area contributed by atoms with Crippen LogP contribution in [-0.4, -0.2) is 37.7 Å². The van der Waals surface area contributed by atoms with Gasteiger partial charge in [-0.2, -0.15) is 8.42 Å². The Morgan fingerprint density at radius 3 is 2.41 bits per heavy atom. The van der Waals surface area contributed by atoms with Crippen LogP contribution in [0.2, 0.25) is 5.02 Å². The zero-order valence-corrected chi connectivity index (χ0v) is 17.5. The van der Waals surface area contributed by atoms with Crippen LogP contribution in [0.1, 0.15) is 11.1 Å². The second-order valence-corrected chi connectivity index (χ2v) is 9.73. The number of hydrogen-bond donors (Lipinski definition) is 1. The SMILES string of the molecule is BC(B)(c1ccccc1)S(=O)(=O)OC1=C(N)O[C@](B)(c2cc(Cl)ccc2F)C1=O. The van der Waals surface area contributed by atoms with Crippen LogP contribution in [0.25, 0.3) is 0 Å². The maximum absolute atomic E-state index is 14.3. The van der Waals surface area contributed by atoms with Crippen LogP contribution in [0.15, 0.2) is 60.2 Å². The molecule has 3 rings (SSSR count). The van der Waals surface area contributed by atoms with Crippen molar-refractivity contribution in [1.82, 2.24) is 0 Å². The average Bonchev–Trinajstić information content (AvgIpc) is 2.88. The van der Waals surface area contributed by atoms with Gasteiger partial charge in [0.2, 0.25) is 17.4 Å². The van der Waals surface area contributed by atoms with Gasteiger partial charge in [0.05, 0.1) is 4.55 Å². The lowest BCUT2D eigenvalue weighted by atomic mass is 9.65. The molecule has 0 aromatic heterocycles. The summed E-state index contributed by atoms with van der Waals surface area (Å²) in [5.41, 5.74) is 4.10. The predicted octanol–water partition coefficient (Wildman–Crippen LogP) is -0.585. The van der Waals surface area contributed by atoms with E-state index in [4.69, 9.17) is 26.3 Å². The first kappa shape index (κ1) is 21.3.